The molecule has 12 nitrogen and oxygen atoms in total. The molecule has 3 aliphatic rings. The highest BCUT2D eigenvalue weighted by Gasteiger charge is 2.47. The first-order valence-corrected chi connectivity index (χ1v) is 23.0. The van der Waals surface area contributed by atoms with E-state index in [4.69, 9.17) is 4.74 Å². The largest absolute Gasteiger partial charge is 0.460 e. The number of fused-ring (bicyclic) bond motifs is 3. The van der Waals surface area contributed by atoms with Gasteiger partial charge in [-0.05, 0) is 76.0 Å². The number of hydrogen-bond donors (Lipinski definition) is 3. The maximum Gasteiger partial charge on any atom is 0.294 e. The second-order valence-corrected chi connectivity index (χ2v) is 21.0. The SMILES string of the molecule is CCCC1(C)C(C=CC=C2C=C(C(C)(C)C)Oc3cc4c(cc32)C(C)=CC(C)(C)N4CCCS(=O)(=O)O)=[N+](CCCS(=O)(=O)O)c2ccc(S(=O)(=O)O)cc21. The Balaban J connectivity index is 1.65. The lowest BCUT2D eigenvalue weighted by Gasteiger charge is -2.44. The molecular formula is C40H53N2O10S3+. The van der Waals surface area contributed by atoms with Crippen molar-refractivity contribution < 1.29 is 48.2 Å². The van der Waals surface area contributed by atoms with Crippen molar-refractivity contribution in [1.29, 1.82) is 0 Å². The highest BCUT2D eigenvalue weighted by molar-refractivity contribution is 7.86. The molecule has 300 valence electrons. The molecule has 0 fully saturated rings. The van der Waals surface area contributed by atoms with Crippen LogP contribution in [0.3, 0.4) is 0 Å². The van der Waals surface area contributed by atoms with Crippen LogP contribution in [0.25, 0.3) is 11.1 Å². The Morgan fingerprint density at radius 2 is 1.56 bits per heavy atom. The molecule has 0 saturated carbocycles. The van der Waals surface area contributed by atoms with E-state index in [1.807, 2.05) is 55.7 Å². The van der Waals surface area contributed by atoms with Gasteiger partial charge in [0.2, 0.25) is 5.69 Å². The van der Waals surface area contributed by atoms with Crippen molar-refractivity contribution >= 4 is 58.6 Å². The summed E-state index contributed by atoms with van der Waals surface area (Å²) in [6, 6.07) is 8.51. The number of allylic oxidation sites excluding steroid dienone is 7. The van der Waals surface area contributed by atoms with Gasteiger partial charge in [0.25, 0.3) is 30.4 Å². The average molecular weight is 818 g/mol. The van der Waals surface area contributed by atoms with Crippen LogP contribution in [-0.2, 0) is 35.8 Å². The highest BCUT2D eigenvalue weighted by Crippen LogP contribution is 2.48. The van der Waals surface area contributed by atoms with Crippen molar-refractivity contribution in [3.05, 3.63) is 83.2 Å². The monoisotopic (exact) mass is 817 g/mol. The van der Waals surface area contributed by atoms with Gasteiger partial charge in [0.05, 0.1) is 27.4 Å². The quantitative estimate of drug-likeness (QED) is 0.134. The van der Waals surface area contributed by atoms with Crippen LogP contribution in [0.1, 0.15) is 97.8 Å². The van der Waals surface area contributed by atoms with Crippen LogP contribution < -0.4 is 9.64 Å². The van der Waals surface area contributed by atoms with Crippen LogP contribution >= 0.6 is 0 Å². The van der Waals surface area contributed by atoms with Crippen LogP contribution in [0.15, 0.2) is 71.4 Å². The number of ether oxygens (including phenoxy) is 1. The van der Waals surface area contributed by atoms with E-state index in [9.17, 15) is 38.9 Å². The van der Waals surface area contributed by atoms with E-state index >= 15 is 0 Å². The Morgan fingerprint density at radius 3 is 2.16 bits per heavy atom. The number of benzene rings is 2. The molecule has 3 aliphatic heterocycles. The molecule has 3 N–H and O–H groups in total. The van der Waals surface area contributed by atoms with Crippen LogP contribution in [0.2, 0.25) is 0 Å². The Bertz CT molecular complexity index is 2380. The molecule has 2 aromatic carbocycles. The lowest BCUT2D eigenvalue weighted by molar-refractivity contribution is -0.437. The van der Waals surface area contributed by atoms with Gasteiger partial charge in [-0.25, -0.2) is 0 Å². The van der Waals surface area contributed by atoms with Gasteiger partial charge in [0.15, 0.2) is 5.71 Å². The van der Waals surface area contributed by atoms with Crippen LogP contribution in [0, 0.1) is 5.41 Å². The van der Waals surface area contributed by atoms with Crippen molar-refractivity contribution in [1.82, 2.24) is 0 Å². The minimum absolute atomic E-state index is 0.114. The third kappa shape index (κ3) is 9.35. The minimum Gasteiger partial charge on any atom is -0.460 e. The molecule has 2 aromatic rings. The summed E-state index contributed by atoms with van der Waals surface area (Å²) in [5, 5.41) is 0. The molecule has 5 rings (SSSR count). The van der Waals surface area contributed by atoms with Gasteiger partial charge in [-0.3, -0.25) is 13.7 Å². The number of anilines is 1. The summed E-state index contributed by atoms with van der Waals surface area (Å²) in [7, 11) is -12.8. The predicted molar refractivity (Wildman–Crippen MR) is 217 cm³/mol. The van der Waals surface area contributed by atoms with Gasteiger partial charge in [-0.2, -0.15) is 29.8 Å². The molecule has 55 heavy (non-hydrogen) atoms. The molecule has 0 aliphatic carbocycles. The predicted octanol–water partition coefficient (Wildman–Crippen LogP) is 7.61. The van der Waals surface area contributed by atoms with Crippen molar-refractivity contribution in [2.75, 3.05) is 29.5 Å². The zero-order valence-electron chi connectivity index (χ0n) is 32.7. The van der Waals surface area contributed by atoms with E-state index in [1.165, 1.54) is 12.1 Å². The van der Waals surface area contributed by atoms with E-state index in [0.717, 1.165) is 45.9 Å². The first kappa shape index (κ1) is 42.5. The Kier molecular flexibility index (Phi) is 11.6. The molecule has 0 saturated heterocycles. The lowest BCUT2D eigenvalue weighted by Crippen LogP contribution is -2.46. The summed E-state index contributed by atoms with van der Waals surface area (Å²) < 4.78 is 108. The Labute approximate surface area is 326 Å². The maximum absolute atomic E-state index is 12.2. The summed E-state index contributed by atoms with van der Waals surface area (Å²) in [5.41, 5.74) is 5.30. The highest BCUT2D eigenvalue weighted by atomic mass is 32.2. The van der Waals surface area contributed by atoms with Crippen molar-refractivity contribution in [2.45, 2.75) is 96.9 Å². The zero-order valence-corrected chi connectivity index (χ0v) is 35.2. The molecule has 1 unspecified atom stereocenters. The molecule has 1 atom stereocenters. The van der Waals surface area contributed by atoms with Crippen LogP contribution in [0.4, 0.5) is 11.4 Å². The van der Waals surface area contributed by atoms with Gasteiger partial charge in [0.1, 0.15) is 18.1 Å². The topological polar surface area (TPSA) is 179 Å². The molecule has 0 aromatic heterocycles. The van der Waals surface area contributed by atoms with E-state index in [2.05, 4.69) is 51.7 Å². The summed E-state index contributed by atoms with van der Waals surface area (Å²) in [6.07, 6.45) is 11.7. The van der Waals surface area contributed by atoms with E-state index < -0.39 is 47.1 Å². The zero-order chi connectivity index (χ0) is 40.9. The maximum atomic E-state index is 12.2. The van der Waals surface area contributed by atoms with Gasteiger partial charge in [0, 0.05) is 59.0 Å². The summed E-state index contributed by atoms with van der Waals surface area (Å²) >= 11 is 0. The number of rotatable bonds is 13. The second-order valence-electron chi connectivity index (χ2n) is 16.4. The Hall–Kier alpha value is -3.60. The van der Waals surface area contributed by atoms with E-state index in [-0.39, 0.29) is 35.4 Å². The van der Waals surface area contributed by atoms with E-state index in [0.29, 0.717) is 30.0 Å². The fraction of sp³-hybridized carbons (Fsp3) is 0.475. The molecule has 0 amide bonds. The number of nitrogens with zero attached hydrogens (tertiary/aromatic N) is 2. The third-order valence-corrected chi connectivity index (χ3v) is 12.9. The normalized spacial score (nSPS) is 20.6. The first-order chi connectivity index (χ1) is 25.2. The van der Waals surface area contributed by atoms with E-state index in [1.54, 1.807) is 6.07 Å². The third-order valence-electron chi connectivity index (χ3n) is 10.5. The smallest absolute Gasteiger partial charge is 0.294 e. The minimum atomic E-state index is -4.50. The first-order valence-electron chi connectivity index (χ1n) is 18.4. The molecular weight excluding hydrogens is 765 g/mol. The fourth-order valence-corrected chi connectivity index (χ4v) is 9.44. The summed E-state index contributed by atoms with van der Waals surface area (Å²) in [6.45, 7) is 17.0. The summed E-state index contributed by atoms with van der Waals surface area (Å²) in [5.74, 6) is 0.576. The van der Waals surface area contributed by atoms with Gasteiger partial charge >= 0.3 is 0 Å². The van der Waals surface area contributed by atoms with Crippen molar-refractivity contribution in [2.24, 2.45) is 5.41 Å². The molecule has 15 heteroatoms. The van der Waals surface area contributed by atoms with Gasteiger partial charge in [-0.1, -0.05) is 52.3 Å². The molecule has 3 heterocycles. The second kappa shape index (κ2) is 15.1. The summed E-state index contributed by atoms with van der Waals surface area (Å²) in [4.78, 5) is 1.90. The van der Waals surface area contributed by atoms with Gasteiger partial charge in [-0.15, -0.1) is 0 Å². The van der Waals surface area contributed by atoms with Crippen molar-refractivity contribution in [3.63, 3.8) is 0 Å². The van der Waals surface area contributed by atoms with Gasteiger partial charge < -0.3 is 9.64 Å². The molecule has 0 spiro atoms. The standard InChI is InChI=1S/C40H52N2O10S3/c1-9-17-40(8)32-23-29(55(49,50)51)15-16-33(32)41(18-11-20-53(43,44)45)36(40)14-10-13-28-22-37(38(3,4)5)52-35-25-34-30(24-31(28)35)27(2)26-39(6,7)42(34)19-12-21-54(46,47)48/h10,13-16,22-26H,9,11-12,17-21H2,1-8H3,(H2-,43,44,45,46,47,48,49,50,51)/p+1. The lowest BCUT2D eigenvalue weighted by atomic mass is 9.76. The fourth-order valence-electron chi connectivity index (χ4n) is 7.95. The van der Waals surface area contributed by atoms with Crippen molar-refractivity contribution in [3.8, 4) is 5.75 Å². The number of hydrogen-bond acceptors (Lipinski definition) is 8. The van der Waals surface area contributed by atoms with Crippen LogP contribution in [0.5, 0.6) is 5.75 Å². The molecule has 0 bridgehead atoms. The van der Waals surface area contributed by atoms with Crippen LogP contribution in [-0.4, -0.2) is 79.3 Å². The Morgan fingerprint density at radius 1 is 0.909 bits per heavy atom. The average Bonchev–Trinajstić information content (AvgIpc) is 3.26. The molecule has 0 radical (unpaired) electrons.